The Morgan fingerprint density at radius 2 is 1.36 bits per heavy atom. The van der Waals surface area contributed by atoms with Gasteiger partial charge in [0.2, 0.25) is 11.8 Å². The van der Waals surface area contributed by atoms with Crippen molar-refractivity contribution in [2.24, 2.45) is 0 Å². The van der Waals surface area contributed by atoms with E-state index in [0.29, 0.717) is 5.69 Å². The average Bonchev–Trinajstić information content (AvgIpc) is 3.11. The summed E-state index contributed by atoms with van der Waals surface area (Å²) >= 11 is 0. The molecule has 0 saturated carbocycles. The summed E-state index contributed by atoms with van der Waals surface area (Å²) in [5.74, 6) is -0.214. The molecule has 5 rings (SSSR count). The van der Waals surface area contributed by atoms with Crippen molar-refractivity contribution in [3.63, 3.8) is 0 Å². The third-order valence-electron chi connectivity index (χ3n) is 7.93. The summed E-state index contributed by atoms with van der Waals surface area (Å²) in [5, 5.41) is 0. The number of halogens is 1. The van der Waals surface area contributed by atoms with Crippen molar-refractivity contribution in [2.75, 3.05) is 4.90 Å². The third-order valence-corrected chi connectivity index (χ3v) is 7.93. The van der Waals surface area contributed by atoms with E-state index in [2.05, 4.69) is 45.0 Å². The molecule has 2 heterocycles. The number of ether oxygens (including phenoxy) is 1. The molecule has 5 heteroatoms. The summed E-state index contributed by atoms with van der Waals surface area (Å²) < 4.78 is 19.9. The maximum atomic E-state index is 13.5. The number of nitrogens with zero attached hydrogens (tertiary/aromatic N) is 1. The predicted molar refractivity (Wildman–Crippen MR) is 139 cm³/mol. The highest BCUT2D eigenvalue weighted by Crippen LogP contribution is 2.54. The molecule has 0 bridgehead atoms. The van der Waals surface area contributed by atoms with Gasteiger partial charge >= 0.3 is 0 Å². The standard InChI is InChI=1S/C31H32FNO3/c1-17-7-9-22(10-8-17)28-27-20(4)29(18(2)19(3)30(27)36-31(28,5)6)33-25(34)15-23(16-26(33)35)21-11-13-24(32)14-12-21/h7-14,23,28H,15-16H2,1-6H3. The number of anilines is 1. The lowest BCUT2D eigenvalue weighted by Crippen LogP contribution is -2.43. The molecular weight excluding hydrogens is 453 g/mol. The molecule has 36 heavy (non-hydrogen) atoms. The van der Waals surface area contributed by atoms with Crippen LogP contribution in [-0.2, 0) is 9.59 Å². The lowest BCUT2D eigenvalue weighted by molar-refractivity contribution is -0.129. The van der Waals surface area contributed by atoms with Gasteiger partial charge in [-0.2, -0.15) is 0 Å². The first-order valence-electron chi connectivity index (χ1n) is 12.5. The Balaban J connectivity index is 1.59. The molecule has 3 aromatic rings. The van der Waals surface area contributed by atoms with Crippen LogP contribution >= 0.6 is 0 Å². The number of fused-ring (bicyclic) bond motifs is 1. The molecule has 2 aliphatic rings. The zero-order chi connectivity index (χ0) is 25.9. The fraction of sp³-hybridized carbons (Fsp3) is 0.355. The van der Waals surface area contributed by atoms with Gasteiger partial charge in [0, 0.05) is 24.3 Å². The molecule has 0 radical (unpaired) electrons. The Kier molecular flexibility index (Phi) is 5.77. The number of imide groups is 1. The van der Waals surface area contributed by atoms with Crippen LogP contribution in [0.3, 0.4) is 0 Å². The molecule has 1 saturated heterocycles. The summed E-state index contributed by atoms with van der Waals surface area (Å²) in [7, 11) is 0. The van der Waals surface area contributed by atoms with Crippen LogP contribution in [0.5, 0.6) is 5.75 Å². The van der Waals surface area contributed by atoms with Crippen LogP contribution < -0.4 is 9.64 Å². The zero-order valence-corrected chi connectivity index (χ0v) is 21.7. The number of rotatable bonds is 3. The van der Waals surface area contributed by atoms with E-state index in [1.165, 1.54) is 22.6 Å². The van der Waals surface area contributed by atoms with Gasteiger partial charge in [-0.05, 0) is 81.5 Å². The van der Waals surface area contributed by atoms with E-state index in [9.17, 15) is 14.0 Å². The number of piperidine rings is 1. The predicted octanol–water partition coefficient (Wildman–Crippen LogP) is 6.80. The highest BCUT2D eigenvalue weighted by atomic mass is 19.1. The van der Waals surface area contributed by atoms with Gasteiger partial charge in [-0.1, -0.05) is 42.0 Å². The second-order valence-corrected chi connectivity index (χ2v) is 10.8. The van der Waals surface area contributed by atoms with Gasteiger partial charge in [-0.25, -0.2) is 9.29 Å². The highest BCUT2D eigenvalue weighted by molar-refractivity contribution is 6.18. The molecule has 0 aromatic heterocycles. The van der Waals surface area contributed by atoms with E-state index in [0.717, 1.165) is 39.1 Å². The number of carbonyl (C=O) groups excluding carboxylic acids is 2. The normalized spacial score (nSPS) is 19.4. The Morgan fingerprint density at radius 3 is 1.94 bits per heavy atom. The molecular formula is C31H32FNO3. The minimum Gasteiger partial charge on any atom is -0.486 e. The minimum atomic E-state index is -0.484. The van der Waals surface area contributed by atoms with Gasteiger partial charge in [-0.3, -0.25) is 9.59 Å². The zero-order valence-electron chi connectivity index (χ0n) is 21.7. The molecule has 0 aliphatic carbocycles. The second kappa shape index (κ2) is 8.58. The van der Waals surface area contributed by atoms with Crippen LogP contribution in [0, 0.1) is 33.5 Å². The van der Waals surface area contributed by atoms with Gasteiger partial charge < -0.3 is 4.74 Å². The first kappa shape index (κ1) is 24.2. The Bertz CT molecular complexity index is 1350. The molecule has 0 N–H and O–H groups in total. The Morgan fingerprint density at radius 1 is 0.806 bits per heavy atom. The SMILES string of the molecule is Cc1ccc(C2c3c(C)c(N4C(=O)CC(c5ccc(F)cc5)CC4=O)c(C)c(C)c3OC2(C)C)cc1. The molecule has 2 aliphatic heterocycles. The molecule has 3 aromatic carbocycles. The summed E-state index contributed by atoms with van der Waals surface area (Å²) in [6.45, 7) is 12.2. The maximum Gasteiger partial charge on any atom is 0.234 e. The number of aryl methyl sites for hydroxylation is 1. The van der Waals surface area contributed by atoms with Crippen LogP contribution in [0.4, 0.5) is 10.1 Å². The quantitative estimate of drug-likeness (QED) is 0.383. The van der Waals surface area contributed by atoms with E-state index < -0.39 is 5.60 Å². The third kappa shape index (κ3) is 3.82. The van der Waals surface area contributed by atoms with Crippen molar-refractivity contribution >= 4 is 17.5 Å². The fourth-order valence-electron chi connectivity index (χ4n) is 5.98. The van der Waals surface area contributed by atoms with Crippen molar-refractivity contribution in [2.45, 2.75) is 71.8 Å². The second-order valence-electron chi connectivity index (χ2n) is 10.8. The number of hydrogen-bond acceptors (Lipinski definition) is 3. The van der Waals surface area contributed by atoms with Crippen LogP contribution in [0.2, 0.25) is 0 Å². The lowest BCUT2D eigenvalue weighted by atomic mass is 9.78. The van der Waals surface area contributed by atoms with E-state index >= 15 is 0 Å². The number of hydrogen-bond donors (Lipinski definition) is 0. The van der Waals surface area contributed by atoms with Crippen molar-refractivity contribution in [1.29, 1.82) is 0 Å². The summed E-state index contributed by atoms with van der Waals surface area (Å²) in [4.78, 5) is 28.4. The Hall–Kier alpha value is -3.47. The average molecular weight is 486 g/mol. The van der Waals surface area contributed by atoms with Crippen molar-refractivity contribution in [3.05, 3.63) is 93.3 Å². The van der Waals surface area contributed by atoms with Crippen LogP contribution in [0.1, 0.15) is 77.5 Å². The monoisotopic (exact) mass is 485 g/mol. The van der Waals surface area contributed by atoms with Crippen molar-refractivity contribution in [1.82, 2.24) is 0 Å². The first-order valence-corrected chi connectivity index (χ1v) is 12.5. The van der Waals surface area contributed by atoms with Gasteiger partial charge in [0.05, 0.1) is 11.6 Å². The molecule has 1 fully saturated rings. The van der Waals surface area contributed by atoms with Gasteiger partial charge in [0.1, 0.15) is 17.2 Å². The van der Waals surface area contributed by atoms with Crippen molar-refractivity contribution in [3.8, 4) is 5.75 Å². The molecule has 186 valence electrons. The Labute approximate surface area is 212 Å². The van der Waals surface area contributed by atoms with Crippen molar-refractivity contribution < 1.29 is 18.7 Å². The molecule has 4 nitrogen and oxygen atoms in total. The summed E-state index contributed by atoms with van der Waals surface area (Å²) in [5.41, 5.74) is 7.13. The lowest BCUT2D eigenvalue weighted by Gasteiger charge is -2.33. The fourth-order valence-corrected chi connectivity index (χ4v) is 5.98. The molecule has 1 atom stereocenters. The van der Waals surface area contributed by atoms with Crippen LogP contribution in [-0.4, -0.2) is 17.4 Å². The van der Waals surface area contributed by atoms with Gasteiger partial charge in [-0.15, -0.1) is 0 Å². The van der Waals surface area contributed by atoms with E-state index in [1.54, 1.807) is 12.1 Å². The molecule has 2 amide bonds. The summed E-state index contributed by atoms with van der Waals surface area (Å²) in [6, 6.07) is 14.6. The van der Waals surface area contributed by atoms with Crippen LogP contribution in [0.15, 0.2) is 48.5 Å². The van der Waals surface area contributed by atoms with Gasteiger partial charge in [0.15, 0.2) is 0 Å². The summed E-state index contributed by atoms with van der Waals surface area (Å²) in [6.07, 6.45) is 0.408. The number of amides is 2. The smallest absolute Gasteiger partial charge is 0.234 e. The highest BCUT2D eigenvalue weighted by Gasteiger charge is 2.46. The topological polar surface area (TPSA) is 46.6 Å². The molecule has 0 spiro atoms. The number of benzene rings is 3. The van der Waals surface area contributed by atoms with Crippen LogP contribution in [0.25, 0.3) is 0 Å². The minimum absolute atomic E-state index is 0.0342. The van der Waals surface area contributed by atoms with E-state index in [1.807, 2.05) is 20.8 Å². The van der Waals surface area contributed by atoms with E-state index in [4.69, 9.17) is 4.74 Å². The maximum absolute atomic E-state index is 13.5. The van der Waals surface area contributed by atoms with Gasteiger partial charge in [0.25, 0.3) is 0 Å². The molecule has 1 unspecified atom stereocenters. The largest absolute Gasteiger partial charge is 0.486 e. The first-order chi connectivity index (χ1) is 17.0. The van der Waals surface area contributed by atoms with E-state index in [-0.39, 0.29) is 42.3 Å². The number of carbonyl (C=O) groups is 2.